The molecule has 1 aromatic heterocycles. The van der Waals surface area contributed by atoms with Crippen molar-refractivity contribution in [3.8, 4) is 0 Å². The molecule has 0 aliphatic carbocycles. The zero-order valence-electron chi connectivity index (χ0n) is 13.0. The van der Waals surface area contributed by atoms with E-state index in [1.807, 2.05) is 0 Å². The molecule has 2 atom stereocenters. The highest BCUT2D eigenvalue weighted by Gasteiger charge is 2.41. The predicted octanol–water partition coefficient (Wildman–Crippen LogP) is 2.10. The van der Waals surface area contributed by atoms with E-state index in [2.05, 4.69) is 4.98 Å². The molecule has 2 unspecified atom stereocenters. The third kappa shape index (κ3) is 3.68. The van der Waals surface area contributed by atoms with Gasteiger partial charge in [-0.2, -0.15) is 13.2 Å². The average Bonchev–Trinajstić information content (AvgIpc) is 2.85. The second-order valence-electron chi connectivity index (χ2n) is 6.38. The lowest BCUT2D eigenvalue weighted by Crippen LogP contribution is -2.48. The number of hydrogen-bond donors (Lipinski definition) is 0. The van der Waals surface area contributed by atoms with E-state index in [-0.39, 0.29) is 24.4 Å². The third-order valence-corrected chi connectivity index (χ3v) is 4.60. The van der Waals surface area contributed by atoms with Crippen LogP contribution in [0.4, 0.5) is 13.2 Å². The molecule has 3 saturated heterocycles. The molecule has 8 heteroatoms. The molecule has 4 heterocycles. The highest BCUT2D eigenvalue weighted by atomic mass is 19.4. The van der Waals surface area contributed by atoms with E-state index in [4.69, 9.17) is 0 Å². The zero-order chi connectivity index (χ0) is 17.3. The molecular formula is C16H18F3N3O2. The van der Waals surface area contributed by atoms with Crippen molar-refractivity contribution in [2.24, 2.45) is 5.92 Å². The molecule has 1 aromatic rings. The van der Waals surface area contributed by atoms with Crippen LogP contribution in [0.25, 0.3) is 0 Å². The van der Waals surface area contributed by atoms with Crippen LogP contribution >= 0.6 is 0 Å². The highest BCUT2D eigenvalue weighted by Crippen LogP contribution is 2.31. The van der Waals surface area contributed by atoms with Crippen LogP contribution in [-0.2, 0) is 4.79 Å². The van der Waals surface area contributed by atoms with Crippen molar-refractivity contribution in [2.45, 2.75) is 31.5 Å². The van der Waals surface area contributed by atoms with Gasteiger partial charge in [0.1, 0.15) is 6.42 Å². The molecule has 2 bridgehead atoms. The monoisotopic (exact) mass is 341 g/mol. The van der Waals surface area contributed by atoms with Crippen molar-refractivity contribution >= 4 is 11.8 Å². The van der Waals surface area contributed by atoms with E-state index in [9.17, 15) is 22.8 Å². The van der Waals surface area contributed by atoms with Crippen LogP contribution < -0.4 is 0 Å². The summed E-state index contributed by atoms with van der Waals surface area (Å²) < 4.78 is 37.5. The van der Waals surface area contributed by atoms with Gasteiger partial charge in [0.05, 0.1) is 0 Å². The van der Waals surface area contributed by atoms with Gasteiger partial charge < -0.3 is 9.80 Å². The van der Waals surface area contributed by atoms with Crippen LogP contribution in [0, 0.1) is 5.92 Å². The molecule has 5 nitrogen and oxygen atoms in total. The highest BCUT2D eigenvalue weighted by molar-refractivity contribution is 5.94. The number of halogens is 3. The van der Waals surface area contributed by atoms with Gasteiger partial charge in [0.25, 0.3) is 5.91 Å². The van der Waals surface area contributed by atoms with Crippen LogP contribution in [0.3, 0.4) is 0 Å². The smallest absolute Gasteiger partial charge is 0.337 e. The summed E-state index contributed by atoms with van der Waals surface area (Å²) in [5, 5.41) is 0. The standard InChI is InChI=1S/C16H18F3N3O2/c17-16(18,19)7-14(23)22-9-11-1-2-13(22)10-21(8-11)15(24)12-3-5-20-6-4-12/h3-6,11,13H,1-2,7-10H2. The number of pyridine rings is 1. The van der Waals surface area contributed by atoms with Crippen molar-refractivity contribution in [2.75, 3.05) is 19.6 Å². The number of amides is 2. The molecular weight excluding hydrogens is 323 g/mol. The van der Waals surface area contributed by atoms with Crippen molar-refractivity contribution in [1.29, 1.82) is 0 Å². The number of nitrogens with zero attached hydrogens (tertiary/aromatic N) is 3. The van der Waals surface area contributed by atoms with E-state index < -0.39 is 18.5 Å². The maximum Gasteiger partial charge on any atom is 0.397 e. The Labute approximate surface area is 137 Å². The summed E-state index contributed by atoms with van der Waals surface area (Å²) in [4.78, 5) is 31.4. The number of fused-ring (bicyclic) bond motifs is 4. The summed E-state index contributed by atoms with van der Waals surface area (Å²) in [6, 6.07) is 2.88. The number of aromatic nitrogens is 1. The van der Waals surface area contributed by atoms with E-state index in [1.165, 1.54) is 17.3 Å². The van der Waals surface area contributed by atoms with E-state index in [0.717, 1.165) is 6.42 Å². The van der Waals surface area contributed by atoms with Crippen LogP contribution in [0.15, 0.2) is 24.5 Å². The van der Waals surface area contributed by atoms with Gasteiger partial charge >= 0.3 is 6.18 Å². The Morgan fingerprint density at radius 3 is 2.50 bits per heavy atom. The van der Waals surface area contributed by atoms with Gasteiger partial charge in [0.2, 0.25) is 5.91 Å². The second kappa shape index (κ2) is 6.41. The SMILES string of the molecule is O=C(c1ccncc1)N1CC2CCC(C1)N(C(=O)CC(F)(F)F)C2. The first-order valence-corrected chi connectivity index (χ1v) is 7.89. The largest absolute Gasteiger partial charge is 0.397 e. The van der Waals surface area contributed by atoms with Crippen molar-refractivity contribution < 1.29 is 22.8 Å². The number of carbonyl (C=O) groups is 2. The summed E-state index contributed by atoms with van der Waals surface area (Å²) in [6.45, 7) is 1.04. The van der Waals surface area contributed by atoms with E-state index in [1.54, 1.807) is 17.0 Å². The fourth-order valence-electron chi connectivity index (χ4n) is 3.50. The molecule has 0 radical (unpaired) electrons. The summed E-state index contributed by atoms with van der Waals surface area (Å²) in [7, 11) is 0. The molecule has 0 N–H and O–H groups in total. The Hall–Kier alpha value is -2.12. The quantitative estimate of drug-likeness (QED) is 0.828. The van der Waals surface area contributed by atoms with Gasteiger partial charge in [0, 0.05) is 43.6 Å². The Kier molecular flexibility index (Phi) is 4.47. The van der Waals surface area contributed by atoms with Crippen LogP contribution in [0.5, 0.6) is 0 Å². The zero-order valence-corrected chi connectivity index (χ0v) is 13.0. The van der Waals surface area contributed by atoms with Gasteiger partial charge in [-0.05, 0) is 30.9 Å². The van der Waals surface area contributed by atoms with Gasteiger partial charge in [-0.15, -0.1) is 0 Å². The van der Waals surface area contributed by atoms with Crippen molar-refractivity contribution in [3.63, 3.8) is 0 Å². The number of rotatable bonds is 2. The number of hydrogen-bond acceptors (Lipinski definition) is 3. The Balaban J connectivity index is 1.74. The maximum absolute atomic E-state index is 12.6. The van der Waals surface area contributed by atoms with Gasteiger partial charge in [-0.3, -0.25) is 14.6 Å². The first-order valence-electron chi connectivity index (χ1n) is 7.89. The van der Waals surface area contributed by atoms with Gasteiger partial charge in [0.15, 0.2) is 0 Å². The number of piperidine rings is 1. The molecule has 2 amide bonds. The van der Waals surface area contributed by atoms with Crippen molar-refractivity contribution in [1.82, 2.24) is 14.8 Å². The van der Waals surface area contributed by atoms with E-state index in [0.29, 0.717) is 25.1 Å². The lowest BCUT2D eigenvalue weighted by atomic mass is 9.94. The lowest BCUT2D eigenvalue weighted by Gasteiger charge is -2.36. The summed E-state index contributed by atoms with van der Waals surface area (Å²) in [5.41, 5.74) is 0.500. The minimum atomic E-state index is -4.50. The third-order valence-electron chi connectivity index (χ3n) is 4.60. The summed E-state index contributed by atoms with van der Waals surface area (Å²) in [5.74, 6) is -1.04. The van der Waals surface area contributed by atoms with Crippen molar-refractivity contribution in [3.05, 3.63) is 30.1 Å². The van der Waals surface area contributed by atoms with Gasteiger partial charge in [-0.25, -0.2) is 0 Å². The molecule has 0 saturated carbocycles. The minimum Gasteiger partial charge on any atom is -0.337 e. The fraction of sp³-hybridized carbons (Fsp3) is 0.562. The van der Waals surface area contributed by atoms with Gasteiger partial charge in [-0.1, -0.05) is 0 Å². The Bertz CT molecular complexity index is 621. The molecule has 4 rings (SSSR count). The molecule has 3 aliphatic rings. The molecule has 0 spiro atoms. The second-order valence-corrected chi connectivity index (χ2v) is 6.38. The molecule has 3 aliphatic heterocycles. The molecule has 130 valence electrons. The fourth-order valence-corrected chi connectivity index (χ4v) is 3.50. The first kappa shape index (κ1) is 16.7. The topological polar surface area (TPSA) is 53.5 Å². The number of alkyl halides is 3. The molecule has 3 fully saturated rings. The predicted molar refractivity (Wildman–Crippen MR) is 79.0 cm³/mol. The Morgan fingerprint density at radius 2 is 1.83 bits per heavy atom. The lowest BCUT2D eigenvalue weighted by molar-refractivity contribution is -0.164. The maximum atomic E-state index is 12.6. The summed E-state index contributed by atoms with van der Waals surface area (Å²) in [6.07, 6.45) is -1.43. The number of carbonyl (C=O) groups excluding carboxylic acids is 2. The van der Waals surface area contributed by atoms with E-state index >= 15 is 0 Å². The average molecular weight is 341 g/mol. The Morgan fingerprint density at radius 1 is 1.12 bits per heavy atom. The van der Waals surface area contributed by atoms with Crippen LogP contribution in [0.1, 0.15) is 29.6 Å². The molecule has 0 aromatic carbocycles. The van der Waals surface area contributed by atoms with Crippen LogP contribution in [-0.4, -0.2) is 58.5 Å². The normalized spacial score (nSPS) is 24.0. The minimum absolute atomic E-state index is 0.0201. The molecule has 24 heavy (non-hydrogen) atoms. The first-order chi connectivity index (χ1) is 11.3. The summed E-state index contributed by atoms with van der Waals surface area (Å²) >= 11 is 0. The van der Waals surface area contributed by atoms with Crippen LogP contribution in [0.2, 0.25) is 0 Å².